The fraction of sp³-hybridized carbons (Fsp3) is 0.333. The van der Waals surface area contributed by atoms with Crippen LogP contribution in [-0.4, -0.2) is 71.3 Å². The number of esters is 4. The van der Waals surface area contributed by atoms with E-state index < -0.39 is 29.9 Å². The number of ether oxygens (including phenoxy) is 4. The van der Waals surface area contributed by atoms with Crippen LogP contribution in [0.4, 0.5) is 0 Å². The first-order valence-corrected chi connectivity index (χ1v) is 11.1. The van der Waals surface area contributed by atoms with Crippen molar-refractivity contribution in [2.75, 3.05) is 27.9 Å². The molecule has 0 amide bonds. The van der Waals surface area contributed by atoms with E-state index in [0.717, 1.165) is 25.8 Å². The molecule has 2 atom stereocenters. The van der Waals surface area contributed by atoms with Gasteiger partial charge < -0.3 is 0 Å². The molecule has 0 N–H and O–H groups in total. The van der Waals surface area contributed by atoms with Gasteiger partial charge in [0.05, 0.1) is 0 Å². The third kappa shape index (κ3) is 4.08. The molecule has 1 aliphatic rings. The van der Waals surface area contributed by atoms with Crippen LogP contribution in [0.25, 0.3) is 0 Å². The molecule has 0 bridgehead atoms. The van der Waals surface area contributed by atoms with Crippen molar-refractivity contribution in [1.82, 2.24) is 4.57 Å². The summed E-state index contributed by atoms with van der Waals surface area (Å²) in [6.45, 7) is 1.93. The van der Waals surface area contributed by atoms with Gasteiger partial charge in [0, 0.05) is 0 Å². The Kier molecular flexibility index (Phi) is 6.82. The van der Waals surface area contributed by atoms with Crippen LogP contribution in [0.1, 0.15) is 54.7 Å². The Morgan fingerprint density at radius 1 is 1.00 bits per heavy atom. The molecule has 1 aromatic carbocycles. The molecule has 0 aliphatic carbocycles. The van der Waals surface area contributed by atoms with E-state index >= 15 is 0 Å². The molecule has 0 radical (unpaired) electrons. The van der Waals surface area contributed by atoms with Crippen molar-refractivity contribution in [2.24, 2.45) is 0 Å². The molecule has 10 heteroatoms. The van der Waals surface area contributed by atoms with Crippen LogP contribution in [0.2, 0.25) is 4.82 Å². The predicted molar refractivity (Wildman–Crippen MR) is 109 cm³/mol. The van der Waals surface area contributed by atoms with Crippen molar-refractivity contribution in [3.63, 3.8) is 0 Å². The molecular weight excluding hydrogens is 473 g/mol. The van der Waals surface area contributed by atoms with Crippen molar-refractivity contribution in [2.45, 2.75) is 17.8 Å². The quantitative estimate of drug-likeness (QED) is 0.337. The first-order chi connectivity index (χ1) is 14.8. The Hall–Kier alpha value is -3.10. The topological polar surface area (TPSA) is 110 Å². The van der Waals surface area contributed by atoms with Crippen LogP contribution in [-0.2, 0) is 18.9 Å². The number of nitrogens with zero attached hydrogens (tertiary/aromatic N) is 1. The van der Waals surface area contributed by atoms with Crippen molar-refractivity contribution in [3.8, 4) is 0 Å². The molecule has 9 nitrogen and oxygen atoms in total. The molecule has 2 aromatic rings. The average molecular weight is 494 g/mol. The Labute approximate surface area is 184 Å². The van der Waals surface area contributed by atoms with Crippen LogP contribution in [0.15, 0.2) is 30.3 Å². The standard InChI is InChI=1S/C21H21NO8Se/c1-11(31-12-8-6-5-7-9-12)13-10-30-21(26)17-15(19(24)28-3)14(18(23)27-2)16(22(13)17)20(25)29-4/h5-9,11,13H,10H2,1-4H3. The van der Waals surface area contributed by atoms with Crippen molar-refractivity contribution in [3.05, 3.63) is 52.8 Å². The van der Waals surface area contributed by atoms with Crippen LogP contribution >= 0.6 is 0 Å². The number of hydrogen-bond acceptors (Lipinski definition) is 8. The zero-order chi connectivity index (χ0) is 22.7. The molecule has 1 aromatic heterocycles. The van der Waals surface area contributed by atoms with Crippen LogP contribution in [0, 0.1) is 0 Å². The second-order valence-corrected chi connectivity index (χ2v) is 9.64. The van der Waals surface area contributed by atoms with E-state index in [1.165, 1.54) is 4.57 Å². The van der Waals surface area contributed by atoms with E-state index in [9.17, 15) is 19.2 Å². The summed E-state index contributed by atoms with van der Waals surface area (Å²) >= 11 is -0.0680. The van der Waals surface area contributed by atoms with Gasteiger partial charge in [0.2, 0.25) is 0 Å². The zero-order valence-corrected chi connectivity index (χ0v) is 19.1. The number of benzene rings is 1. The maximum absolute atomic E-state index is 12.7. The molecule has 0 saturated heterocycles. The Balaban J connectivity index is 2.25. The normalized spacial score (nSPS) is 16.0. The predicted octanol–water partition coefficient (Wildman–Crippen LogP) is 1.40. The van der Waals surface area contributed by atoms with Gasteiger partial charge in [-0.1, -0.05) is 0 Å². The number of carbonyl (C=O) groups excluding carboxylic acids is 4. The third-order valence-corrected chi connectivity index (χ3v) is 7.46. The van der Waals surface area contributed by atoms with E-state index in [-0.39, 0.29) is 48.9 Å². The summed E-state index contributed by atoms with van der Waals surface area (Å²) in [7, 11) is 3.37. The van der Waals surface area contributed by atoms with Gasteiger partial charge in [0.25, 0.3) is 0 Å². The van der Waals surface area contributed by atoms with Gasteiger partial charge in [-0.25, -0.2) is 0 Å². The summed E-state index contributed by atoms with van der Waals surface area (Å²) < 4.78 is 22.3. The number of carbonyl (C=O) groups is 4. The monoisotopic (exact) mass is 495 g/mol. The number of cyclic esters (lactones) is 1. The number of methoxy groups -OCH3 is 3. The summed E-state index contributed by atoms with van der Waals surface area (Å²) in [5.74, 6) is -3.64. The second kappa shape index (κ2) is 9.36. The van der Waals surface area contributed by atoms with Gasteiger partial charge >= 0.3 is 185 Å². The van der Waals surface area contributed by atoms with E-state index in [1.807, 2.05) is 37.3 Å². The Bertz CT molecular complexity index is 1030. The minimum atomic E-state index is -0.963. The molecule has 0 saturated carbocycles. The maximum atomic E-state index is 12.7. The summed E-state index contributed by atoms with van der Waals surface area (Å²) in [5, 5.41) is 0. The molecule has 0 fully saturated rings. The fourth-order valence-corrected chi connectivity index (χ4v) is 5.77. The number of aromatic nitrogens is 1. The van der Waals surface area contributed by atoms with Gasteiger partial charge in [0.1, 0.15) is 0 Å². The number of rotatable bonds is 6. The molecule has 0 spiro atoms. The van der Waals surface area contributed by atoms with Crippen LogP contribution < -0.4 is 4.46 Å². The Morgan fingerprint density at radius 2 is 1.58 bits per heavy atom. The van der Waals surface area contributed by atoms with Gasteiger partial charge in [-0.05, 0) is 0 Å². The summed E-state index contributed by atoms with van der Waals surface area (Å²) in [5.41, 5.74) is -1.20. The Morgan fingerprint density at radius 3 is 2.16 bits per heavy atom. The summed E-state index contributed by atoms with van der Waals surface area (Å²) in [4.78, 5) is 50.5. The molecule has 2 unspecified atom stereocenters. The fourth-order valence-electron chi connectivity index (χ4n) is 3.46. The number of hydrogen-bond donors (Lipinski definition) is 0. The summed E-state index contributed by atoms with van der Waals surface area (Å²) in [6, 6.07) is 9.24. The first kappa shape index (κ1) is 22.6. The SMILES string of the molecule is COC(=O)c1c(C(=O)OC)c2n(c1C(=O)OC)C(C(C)[Se]c1ccccc1)COC2=O. The number of fused-ring (bicyclic) bond motifs is 1. The zero-order valence-electron chi connectivity index (χ0n) is 17.4. The van der Waals surface area contributed by atoms with E-state index in [4.69, 9.17) is 18.9 Å². The van der Waals surface area contributed by atoms with Gasteiger partial charge in [0.15, 0.2) is 0 Å². The molecule has 31 heavy (non-hydrogen) atoms. The van der Waals surface area contributed by atoms with Gasteiger partial charge in [-0.2, -0.15) is 0 Å². The third-order valence-electron chi connectivity index (χ3n) is 4.88. The van der Waals surface area contributed by atoms with E-state index in [1.54, 1.807) is 0 Å². The molecule has 3 rings (SSSR count). The summed E-state index contributed by atoms with van der Waals surface area (Å²) in [6.07, 6.45) is 0. The average Bonchev–Trinajstić information content (AvgIpc) is 3.15. The minimum absolute atomic E-state index is 0.0263. The molecular formula is C21H21NO8Se. The molecule has 2 heterocycles. The van der Waals surface area contributed by atoms with Crippen molar-refractivity contribution < 1.29 is 38.1 Å². The molecule has 1 aliphatic heterocycles. The van der Waals surface area contributed by atoms with Crippen molar-refractivity contribution in [1.29, 1.82) is 0 Å². The van der Waals surface area contributed by atoms with Crippen LogP contribution in [0.5, 0.6) is 0 Å². The van der Waals surface area contributed by atoms with Gasteiger partial charge in [-0.3, -0.25) is 0 Å². The van der Waals surface area contributed by atoms with Gasteiger partial charge in [-0.15, -0.1) is 0 Å². The second-order valence-electron chi connectivity index (χ2n) is 6.59. The van der Waals surface area contributed by atoms with E-state index in [2.05, 4.69) is 0 Å². The molecule has 164 valence electrons. The van der Waals surface area contributed by atoms with Crippen molar-refractivity contribution >= 4 is 43.3 Å². The van der Waals surface area contributed by atoms with Crippen LogP contribution in [0.3, 0.4) is 0 Å². The van der Waals surface area contributed by atoms with E-state index in [0.29, 0.717) is 0 Å². The first-order valence-electron chi connectivity index (χ1n) is 9.27.